The average Bonchev–Trinajstić information content (AvgIpc) is 1.97. The molecule has 2 nitrogen and oxygen atoms in total. The lowest BCUT2D eigenvalue weighted by Crippen LogP contribution is -2.04. The van der Waals surface area contributed by atoms with Gasteiger partial charge in [0.25, 0.3) is 0 Å². The van der Waals surface area contributed by atoms with E-state index in [0.717, 1.165) is 19.3 Å². The Kier molecular flexibility index (Phi) is 6.24. The number of unbranched alkanes of at least 4 members (excludes halogenated alkanes) is 1. The summed E-state index contributed by atoms with van der Waals surface area (Å²) in [6.45, 7) is 6.16. The van der Waals surface area contributed by atoms with Crippen LogP contribution in [0.1, 0.15) is 32.6 Å². The second-order valence-corrected chi connectivity index (χ2v) is 2.18. The Morgan fingerprint density at radius 2 is 2.30 bits per heavy atom. The summed E-state index contributed by atoms with van der Waals surface area (Å²) in [5.74, 6) is -0.0921. The molecule has 59 valence electrons. The molecule has 10 heavy (non-hydrogen) atoms. The lowest BCUT2D eigenvalue weighted by molar-refractivity contribution is -0.143. The molecule has 0 heterocycles. The zero-order chi connectivity index (χ0) is 7.82. The maximum Gasteiger partial charge on any atom is 0.305 e. The molecule has 0 aromatic carbocycles. The van der Waals surface area contributed by atoms with Crippen molar-refractivity contribution >= 4 is 5.97 Å². The molecule has 0 aliphatic heterocycles. The third kappa shape index (κ3) is 5.60. The van der Waals surface area contributed by atoms with E-state index >= 15 is 0 Å². The first-order valence-corrected chi connectivity index (χ1v) is 3.76. The molecule has 0 N–H and O–H groups in total. The van der Waals surface area contributed by atoms with E-state index in [1.54, 1.807) is 0 Å². The van der Waals surface area contributed by atoms with Gasteiger partial charge in [-0.15, -0.1) is 0 Å². The molecule has 0 aromatic rings. The minimum absolute atomic E-state index is 0.0921. The quantitative estimate of drug-likeness (QED) is 0.550. The normalized spacial score (nSPS) is 9.40. The zero-order valence-electron chi connectivity index (χ0n) is 6.56. The molecule has 0 aliphatic rings. The first-order chi connectivity index (χ1) is 4.81. The first-order valence-electron chi connectivity index (χ1n) is 3.76. The second kappa shape index (κ2) is 6.59. The lowest BCUT2D eigenvalue weighted by Gasteiger charge is -2.00. The molecule has 0 atom stereocenters. The topological polar surface area (TPSA) is 26.3 Å². The predicted octanol–water partition coefficient (Wildman–Crippen LogP) is 1.94. The number of carbonyl (C=O) groups excluding carboxylic acids is 1. The van der Waals surface area contributed by atoms with Crippen molar-refractivity contribution < 1.29 is 9.53 Å². The summed E-state index contributed by atoms with van der Waals surface area (Å²) in [5, 5.41) is 0. The molecule has 0 rings (SSSR count). The largest absolute Gasteiger partial charge is 0.466 e. The van der Waals surface area contributed by atoms with Crippen LogP contribution < -0.4 is 0 Å². The highest BCUT2D eigenvalue weighted by Gasteiger charge is 1.98. The van der Waals surface area contributed by atoms with E-state index in [1.165, 1.54) is 0 Å². The number of carbonyl (C=O) groups is 1. The van der Waals surface area contributed by atoms with Gasteiger partial charge in [-0.2, -0.15) is 0 Å². The summed E-state index contributed by atoms with van der Waals surface area (Å²) in [4.78, 5) is 10.7. The van der Waals surface area contributed by atoms with Crippen LogP contribution in [-0.2, 0) is 9.53 Å². The van der Waals surface area contributed by atoms with Gasteiger partial charge >= 0.3 is 5.97 Å². The smallest absolute Gasteiger partial charge is 0.305 e. The van der Waals surface area contributed by atoms with Gasteiger partial charge in [0.1, 0.15) is 0 Å². The predicted molar refractivity (Wildman–Crippen MR) is 40.5 cm³/mol. The third-order valence-corrected chi connectivity index (χ3v) is 1.10. The van der Waals surface area contributed by atoms with Gasteiger partial charge in [0.2, 0.25) is 0 Å². The minimum Gasteiger partial charge on any atom is -0.466 e. The molecule has 0 unspecified atom stereocenters. The van der Waals surface area contributed by atoms with Gasteiger partial charge < -0.3 is 4.74 Å². The summed E-state index contributed by atoms with van der Waals surface area (Å²) >= 11 is 0. The van der Waals surface area contributed by atoms with Gasteiger partial charge in [-0.1, -0.05) is 20.3 Å². The van der Waals surface area contributed by atoms with Gasteiger partial charge in [0, 0.05) is 6.42 Å². The molecule has 1 radical (unpaired) electrons. The van der Waals surface area contributed by atoms with Gasteiger partial charge in [-0.25, -0.2) is 0 Å². The zero-order valence-corrected chi connectivity index (χ0v) is 6.56. The van der Waals surface area contributed by atoms with Crippen molar-refractivity contribution in [2.24, 2.45) is 0 Å². The van der Waals surface area contributed by atoms with E-state index in [4.69, 9.17) is 4.74 Å². The van der Waals surface area contributed by atoms with Crippen LogP contribution >= 0.6 is 0 Å². The van der Waals surface area contributed by atoms with Gasteiger partial charge in [-0.3, -0.25) is 4.79 Å². The van der Waals surface area contributed by atoms with E-state index in [0.29, 0.717) is 13.0 Å². The SMILES string of the molecule is [CH2]CCCC(=O)OCCC. The van der Waals surface area contributed by atoms with Crippen molar-refractivity contribution in [1.29, 1.82) is 0 Å². The van der Waals surface area contributed by atoms with Crippen LogP contribution in [0.2, 0.25) is 0 Å². The Morgan fingerprint density at radius 1 is 1.60 bits per heavy atom. The van der Waals surface area contributed by atoms with Crippen molar-refractivity contribution in [2.75, 3.05) is 6.61 Å². The number of hydrogen-bond acceptors (Lipinski definition) is 2. The second-order valence-electron chi connectivity index (χ2n) is 2.18. The van der Waals surface area contributed by atoms with E-state index in [1.807, 2.05) is 6.92 Å². The maximum absolute atomic E-state index is 10.7. The summed E-state index contributed by atoms with van der Waals surface area (Å²) in [7, 11) is 0. The third-order valence-electron chi connectivity index (χ3n) is 1.10. The van der Waals surface area contributed by atoms with E-state index < -0.39 is 0 Å². The van der Waals surface area contributed by atoms with Crippen LogP contribution in [0, 0.1) is 6.92 Å². The van der Waals surface area contributed by atoms with Crippen LogP contribution in [0.15, 0.2) is 0 Å². The van der Waals surface area contributed by atoms with Gasteiger partial charge in [0.05, 0.1) is 6.61 Å². The van der Waals surface area contributed by atoms with Crippen molar-refractivity contribution in [1.82, 2.24) is 0 Å². The lowest BCUT2D eigenvalue weighted by atomic mass is 10.2. The van der Waals surface area contributed by atoms with Crippen LogP contribution in [0.25, 0.3) is 0 Å². The molecule has 0 saturated carbocycles. The highest BCUT2D eigenvalue weighted by atomic mass is 16.5. The molecular weight excluding hydrogens is 128 g/mol. The molecule has 0 fully saturated rings. The van der Waals surface area contributed by atoms with Gasteiger partial charge in [-0.05, 0) is 12.8 Å². The van der Waals surface area contributed by atoms with Crippen molar-refractivity contribution in [3.63, 3.8) is 0 Å². The Morgan fingerprint density at radius 3 is 2.80 bits per heavy atom. The van der Waals surface area contributed by atoms with E-state index in [2.05, 4.69) is 6.92 Å². The molecule has 0 aliphatic carbocycles. The van der Waals surface area contributed by atoms with Crippen molar-refractivity contribution in [3.8, 4) is 0 Å². The molecular formula is C8H15O2. The Hall–Kier alpha value is -0.530. The molecule has 2 heteroatoms. The molecule has 0 saturated heterocycles. The maximum atomic E-state index is 10.7. The minimum atomic E-state index is -0.0921. The van der Waals surface area contributed by atoms with Gasteiger partial charge in [0.15, 0.2) is 0 Å². The first kappa shape index (κ1) is 9.47. The summed E-state index contributed by atoms with van der Waals surface area (Å²) in [6, 6.07) is 0. The van der Waals surface area contributed by atoms with Crippen molar-refractivity contribution in [2.45, 2.75) is 32.6 Å². The Bertz CT molecular complexity index is 79.3. The fourth-order valence-electron chi connectivity index (χ4n) is 0.557. The Labute approximate surface area is 62.6 Å². The monoisotopic (exact) mass is 143 g/mol. The molecule has 0 aromatic heterocycles. The summed E-state index contributed by atoms with van der Waals surface area (Å²) in [5.41, 5.74) is 0. The highest BCUT2D eigenvalue weighted by molar-refractivity contribution is 5.69. The summed E-state index contributed by atoms with van der Waals surface area (Å²) < 4.78 is 4.83. The van der Waals surface area contributed by atoms with E-state index in [-0.39, 0.29) is 5.97 Å². The molecule has 0 bridgehead atoms. The standard InChI is InChI=1S/C8H15O2/c1-3-5-6-8(9)10-7-4-2/h1,3-7H2,2H3. The Balaban J connectivity index is 3.09. The summed E-state index contributed by atoms with van der Waals surface area (Å²) in [6.07, 6.45) is 3.06. The number of esters is 1. The van der Waals surface area contributed by atoms with Crippen LogP contribution in [-0.4, -0.2) is 12.6 Å². The van der Waals surface area contributed by atoms with Crippen LogP contribution in [0.4, 0.5) is 0 Å². The van der Waals surface area contributed by atoms with E-state index in [9.17, 15) is 4.79 Å². The average molecular weight is 143 g/mol. The van der Waals surface area contributed by atoms with Crippen LogP contribution in [0.3, 0.4) is 0 Å². The number of rotatable bonds is 5. The van der Waals surface area contributed by atoms with Crippen LogP contribution in [0.5, 0.6) is 0 Å². The molecule has 0 spiro atoms. The molecule has 0 amide bonds. The van der Waals surface area contributed by atoms with Crippen molar-refractivity contribution in [3.05, 3.63) is 6.92 Å². The highest BCUT2D eigenvalue weighted by Crippen LogP contribution is 1.96. The fourth-order valence-corrected chi connectivity index (χ4v) is 0.557. The number of hydrogen-bond donors (Lipinski definition) is 0. The number of ether oxygens (including phenoxy) is 1. The fraction of sp³-hybridized carbons (Fsp3) is 0.750.